The van der Waals surface area contributed by atoms with E-state index >= 15 is 0 Å². The van der Waals surface area contributed by atoms with Crippen LogP contribution in [-0.2, 0) is 6.42 Å². The Kier molecular flexibility index (Phi) is 3.27. The van der Waals surface area contributed by atoms with Gasteiger partial charge in [-0.05, 0) is 55.3 Å². The van der Waals surface area contributed by atoms with E-state index in [1.54, 1.807) is 11.1 Å². The van der Waals surface area contributed by atoms with Crippen molar-refractivity contribution in [2.45, 2.75) is 38.6 Å². The lowest BCUT2D eigenvalue weighted by molar-refractivity contribution is 0.129. The van der Waals surface area contributed by atoms with Crippen LogP contribution in [0.4, 0.5) is 0 Å². The molecule has 1 aromatic carbocycles. The van der Waals surface area contributed by atoms with E-state index in [2.05, 4.69) is 46.0 Å². The van der Waals surface area contributed by atoms with Crippen molar-refractivity contribution in [3.63, 3.8) is 0 Å². The van der Waals surface area contributed by atoms with E-state index in [0.29, 0.717) is 6.04 Å². The molecule has 0 bridgehead atoms. The second-order valence-electron chi connectivity index (χ2n) is 5.60. The van der Waals surface area contributed by atoms with Gasteiger partial charge < -0.3 is 0 Å². The van der Waals surface area contributed by atoms with Gasteiger partial charge in [-0.3, -0.25) is 4.90 Å². The van der Waals surface area contributed by atoms with Gasteiger partial charge in [0.05, 0.1) is 0 Å². The molecule has 0 N–H and O–H groups in total. The summed E-state index contributed by atoms with van der Waals surface area (Å²) in [6.45, 7) is 4.97. The Balaban J connectivity index is 1.85. The molecule has 2 heteroatoms. The van der Waals surface area contributed by atoms with E-state index in [1.165, 1.54) is 43.2 Å². The summed E-state index contributed by atoms with van der Waals surface area (Å²) in [5, 5.41) is 0. The fourth-order valence-electron chi connectivity index (χ4n) is 3.48. The van der Waals surface area contributed by atoms with Crippen LogP contribution < -0.4 is 0 Å². The van der Waals surface area contributed by atoms with Crippen LogP contribution in [-0.4, -0.2) is 18.0 Å². The molecule has 0 saturated carbocycles. The largest absolute Gasteiger partial charge is 0.296 e. The maximum atomic E-state index is 3.69. The molecule has 0 radical (unpaired) electrons. The second kappa shape index (κ2) is 4.74. The van der Waals surface area contributed by atoms with Crippen LogP contribution in [0.1, 0.15) is 43.4 Å². The molecule has 1 fully saturated rings. The first-order valence-electron chi connectivity index (χ1n) is 6.77. The normalized spacial score (nSPS) is 29.3. The summed E-state index contributed by atoms with van der Waals surface area (Å²) in [7, 11) is 0. The predicted octanol–water partition coefficient (Wildman–Crippen LogP) is 4.17. The molecule has 0 spiro atoms. The van der Waals surface area contributed by atoms with Gasteiger partial charge in [0.2, 0.25) is 0 Å². The first-order chi connectivity index (χ1) is 8.25. The Hall–Kier alpha value is -0.340. The van der Waals surface area contributed by atoms with Gasteiger partial charge in [-0.1, -0.05) is 35.0 Å². The van der Waals surface area contributed by atoms with Gasteiger partial charge in [0.15, 0.2) is 0 Å². The Morgan fingerprint density at radius 1 is 1.29 bits per heavy atom. The Morgan fingerprint density at radius 3 is 3.00 bits per heavy atom. The molecular weight excluding hydrogens is 274 g/mol. The molecule has 17 heavy (non-hydrogen) atoms. The Bertz CT molecular complexity index is 415. The van der Waals surface area contributed by atoms with Crippen LogP contribution in [0.3, 0.4) is 0 Å². The third kappa shape index (κ3) is 2.17. The van der Waals surface area contributed by atoms with Crippen molar-refractivity contribution >= 4 is 15.9 Å². The number of hydrogen-bond acceptors (Lipinski definition) is 1. The van der Waals surface area contributed by atoms with Crippen molar-refractivity contribution in [3.8, 4) is 0 Å². The van der Waals surface area contributed by atoms with E-state index in [9.17, 15) is 0 Å². The van der Waals surface area contributed by atoms with E-state index in [0.717, 1.165) is 5.92 Å². The maximum Gasteiger partial charge on any atom is 0.0354 e. The number of halogens is 1. The highest BCUT2D eigenvalue weighted by Crippen LogP contribution is 2.40. The third-order valence-corrected chi connectivity index (χ3v) is 5.05. The van der Waals surface area contributed by atoms with Gasteiger partial charge in [0.25, 0.3) is 0 Å². The SMILES string of the molecule is CC1CCCN(C2CCc3c(Br)cccc32)C1. The lowest BCUT2D eigenvalue weighted by Crippen LogP contribution is -2.36. The minimum atomic E-state index is 0.685. The first kappa shape index (κ1) is 11.7. The monoisotopic (exact) mass is 293 g/mol. The summed E-state index contributed by atoms with van der Waals surface area (Å²) >= 11 is 3.69. The summed E-state index contributed by atoms with van der Waals surface area (Å²) in [6, 6.07) is 7.39. The van der Waals surface area contributed by atoms with Gasteiger partial charge in [-0.25, -0.2) is 0 Å². The van der Waals surface area contributed by atoms with E-state index in [-0.39, 0.29) is 0 Å². The topological polar surface area (TPSA) is 3.24 Å². The number of benzene rings is 1. The zero-order valence-corrected chi connectivity index (χ0v) is 12.0. The van der Waals surface area contributed by atoms with Crippen molar-refractivity contribution in [2.24, 2.45) is 5.92 Å². The lowest BCUT2D eigenvalue weighted by atomic mass is 9.97. The van der Waals surface area contributed by atoms with Gasteiger partial charge in [0, 0.05) is 17.1 Å². The van der Waals surface area contributed by atoms with Crippen molar-refractivity contribution < 1.29 is 0 Å². The molecule has 92 valence electrons. The summed E-state index contributed by atoms with van der Waals surface area (Å²) in [4.78, 5) is 2.71. The standard InChI is InChI=1S/C15H20BrN/c1-11-4-3-9-17(10-11)15-8-7-12-13(15)5-2-6-14(12)16/h2,5-6,11,15H,3-4,7-10H2,1H3. The maximum absolute atomic E-state index is 3.69. The van der Waals surface area contributed by atoms with Crippen LogP contribution in [0.5, 0.6) is 0 Å². The summed E-state index contributed by atoms with van der Waals surface area (Å²) < 4.78 is 1.31. The Morgan fingerprint density at radius 2 is 2.18 bits per heavy atom. The summed E-state index contributed by atoms with van der Waals surface area (Å²) in [6.07, 6.45) is 5.34. The fourth-order valence-corrected chi connectivity index (χ4v) is 4.06. The molecule has 1 heterocycles. The first-order valence-corrected chi connectivity index (χ1v) is 7.56. The smallest absolute Gasteiger partial charge is 0.0354 e. The van der Waals surface area contributed by atoms with Gasteiger partial charge >= 0.3 is 0 Å². The van der Waals surface area contributed by atoms with Crippen molar-refractivity contribution in [1.82, 2.24) is 4.90 Å². The Labute approximate surface area is 112 Å². The van der Waals surface area contributed by atoms with Crippen molar-refractivity contribution in [2.75, 3.05) is 13.1 Å². The minimum Gasteiger partial charge on any atom is -0.296 e. The lowest BCUT2D eigenvalue weighted by Gasteiger charge is -2.36. The number of rotatable bonds is 1. The van der Waals surface area contributed by atoms with Crippen LogP contribution in [0, 0.1) is 5.92 Å². The minimum absolute atomic E-state index is 0.685. The zero-order chi connectivity index (χ0) is 11.8. The van der Waals surface area contributed by atoms with Crippen LogP contribution in [0.2, 0.25) is 0 Å². The third-order valence-electron chi connectivity index (χ3n) is 4.31. The van der Waals surface area contributed by atoms with Crippen LogP contribution >= 0.6 is 15.9 Å². The van der Waals surface area contributed by atoms with Crippen molar-refractivity contribution in [1.29, 1.82) is 0 Å². The molecular formula is C15H20BrN. The van der Waals surface area contributed by atoms with Gasteiger partial charge in [-0.15, -0.1) is 0 Å². The van der Waals surface area contributed by atoms with Crippen LogP contribution in [0.15, 0.2) is 22.7 Å². The summed E-state index contributed by atoms with van der Waals surface area (Å²) in [5.41, 5.74) is 3.13. The molecule has 2 aliphatic rings. The molecule has 1 aliphatic heterocycles. The number of fused-ring (bicyclic) bond motifs is 1. The molecule has 1 nitrogen and oxygen atoms in total. The van der Waals surface area contributed by atoms with Gasteiger partial charge in [-0.2, -0.15) is 0 Å². The highest BCUT2D eigenvalue weighted by molar-refractivity contribution is 9.10. The number of hydrogen-bond donors (Lipinski definition) is 0. The second-order valence-corrected chi connectivity index (χ2v) is 6.46. The average molecular weight is 294 g/mol. The molecule has 1 saturated heterocycles. The van der Waals surface area contributed by atoms with Crippen LogP contribution in [0.25, 0.3) is 0 Å². The molecule has 1 aliphatic carbocycles. The molecule has 2 unspecified atom stereocenters. The molecule has 0 aromatic heterocycles. The number of nitrogens with zero attached hydrogens (tertiary/aromatic N) is 1. The highest BCUT2D eigenvalue weighted by atomic mass is 79.9. The fraction of sp³-hybridized carbons (Fsp3) is 0.600. The number of likely N-dealkylation sites (tertiary alicyclic amines) is 1. The summed E-state index contributed by atoms with van der Waals surface area (Å²) in [5.74, 6) is 0.875. The molecule has 2 atom stereocenters. The quantitative estimate of drug-likeness (QED) is 0.751. The van der Waals surface area contributed by atoms with E-state index in [1.807, 2.05) is 0 Å². The van der Waals surface area contributed by atoms with Crippen molar-refractivity contribution in [3.05, 3.63) is 33.8 Å². The van der Waals surface area contributed by atoms with E-state index in [4.69, 9.17) is 0 Å². The van der Waals surface area contributed by atoms with Gasteiger partial charge in [0.1, 0.15) is 0 Å². The average Bonchev–Trinajstić information content (AvgIpc) is 2.74. The molecule has 1 aromatic rings. The molecule has 0 amide bonds. The zero-order valence-electron chi connectivity index (χ0n) is 10.5. The molecule has 3 rings (SSSR count). The predicted molar refractivity (Wildman–Crippen MR) is 75.2 cm³/mol. The van der Waals surface area contributed by atoms with E-state index < -0.39 is 0 Å². The highest BCUT2D eigenvalue weighted by Gasteiger charge is 2.30. The number of piperidine rings is 1.